The van der Waals surface area contributed by atoms with Crippen LogP contribution in [0.15, 0.2) is 0 Å². The monoisotopic (exact) mass is 304 g/mol. The molecule has 0 aromatic rings. The van der Waals surface area contributed by atoms with E-state index in [2.05, 4.69) is 46.6 Å². The van der Waals surface area contributed by atoms with Gasteiger partial charge in [0.05, 0.1) is 0 Å². The highest BCUT2D eigenvalue weighted by molar-refractivity contribution is 9.09. The molecule has 1 fully saturated rings. The molecule has 0 saturated carbocycles. The molecular formula is C14H29BrN2. The van der Waals surface area contributed by atoms with Crippen LogP contribution >= 0.6 is 15.9 Å². The average molecular weight is 305 g/mol. The number of likely N-dealkylation sites (tertiary alicyclic amines) is 1. The highest BCUT2D eigenvalue weighted by atomic mass is 79.9. The van der Waals surface area contributed by atoms with Crippen LogP contribution in [0.2, 0.25) is 0 Å². The van der Waals surface area contributed by atoms with Gasteiger partial charge in [-0.3, -0.25) is 4.90 Å². The number of nitrogens with zero attached hydrogens (tertiary/aromatic N) is 2. The van der Waals surface area contributed by atoms with E-state index in [0.29, 0.717) is 0 Å². The fourth-order valence-corrected chi connectivity index (χ4v) is 3.55. The Kier molecular flexibility index (Phi) is 7.72. The maximum absolute atomic E-state index is 3.65. The molecule has 0 aromatic carbocycles. The van der Waals surface area contributed by atoms with Crippen LogP contribution in [0.4, 0.5) is 0 Å². The van der Waals surface area contributed by atoms with Gasteiger partial charge >= 0.3 is 0 Å². The van der Waals surface area contributed by atoms with Gasteiger partial charge in [0.2, 0.25) is 0 Å². The van der Waals surface area contributed by atoms with Gasteiger partial charge in [-0.1, -0.05) is 36.2 Å². The lowest BCUT2D eigenvalue weighted by molar-refractivity contribution is 0.184. The molecule has 2 unspecified atom stereocenters. The molecule has 0 bridgehead atoms. The predicted octanol–water partition coefficient (Wildman–Crippen LogP) is 3.21. The number of hydrogen-bond acceptors (Lipinski definition) is 2. The molecule has 1 aliphatic heterocycles. The minimum atomic E-state index is 0.808. The summed E-state index contributed by atoms with van der Waals surface area (Å²) >= 11 is 3.65. The van der Waals surface area contributed by atoms with Crippen molar-refractivity contribution in [3.63, 3.8) is 0 Å². The van der Waals surface area contributed by atoms with Crippen molar-refractivity contribution in [1.82, 2.24) is 9.80 Å². The van der Waals surface area contributed by atoms with Crippen LogP contribution in [-0.2, 0) is 0 Å². The average Bonchev–Trinajstić information content (AvgIpc) is 2.75. The van der Waals surface area contributed by atoms with E-state index in [-0.39, 0.29) is 0 Å². The Morgan fingerprint density at radius 2 is 2.18 bits per heavy atom. The Morgan fingerprint density at radius 3 is 2.76 bits per heavy atom. The van der Waals surface area contributed by atoms with Crippen LogP contribution in [0.25, 0.3) is 0 Å². The molecule has 1 saturated heterocycles. The van der Waals surface area contributed by atoms with E-state index in [1.165, 1.54) is 51.9 Å². The van der Waals surface area contributed by atoms with Gasteiger partial charge in [0, 0.05) is 24.5 Å². The van der Waals surface area contributed by atoms with Crippen molar-refractivity contribution in [3.05, 3.63) is 0 Å². The van der Waals surface area contributed by atoms with E-state index in [1.807, 2.05) is 0 Å². The van der Waals surface area contributed by atoms with E-state index in [1.54, 1.807) is 0 Å². The molecule has 0 spiro atoms. The highest BCUT2D eigenvalue weighted by Crippen LogP contribution is 2.18. The van der Waals surface area contributed by atoms with Crippen molar-refractivity contribution in [2.45, 2.75) is 45.6 Å². The third kappa shape index (κ3) is 5.27. The topological polar surface area (TPSA) is 6.48 Å². The van der Waals surface area contributed by atoms with Crippen molar-refractivity contribution < 1.29 is 0 Å². The lowest BCUT2D eigenvalue weighted by Gasteiger charge is -2.29. The zero-order valence-corrected chi connectivity index (χ0v) is 13.4. The summed E-state index contributed by atoms with van der Waals surface area (Å²) in [5, 5.41) is 1.15. The maximum Gasteiger partial charge on any atom is 0.0223 e. The van der Waals surface area contributed by atoms with Gasteiger partial charge in [-0.2, -0.15) is 0 Å². The summed E-state index contributed by atoms with van der Waals surface area (Å²) in [5.74, 6) is 0.821. The molecule has 1 heterocycles. The molecule has 17 heavy (non-hydrogen) atoms. The van der Waals surface area contributed by atoms with Gasteiger partial charge in [-0.25, -0.2) is 0 Å². The molecule has 0 N–H and O–H groups in total. The summed E-state index contributed by atoms with van der Waals surface area (Å²) in [6, 6.07) is 0.808. The third-order valence-corrected chi connectivity index (χ3v) is 4.83. The summed E-state index contributed by atoms with van der Waals surface area (Å²) in [5.41, 5.74) is 0. The summed E-state index contributed by atoms with van der Waals surface area (Å²) in [6.07, 6.45) is 5.43. The van der Waals surface area contributed by atoms with Crippen LogP contribution in [0.5, 0.6) is 0 Å². The standard InChI is InChI=1S/C14H29BrN2/c1-4-7-13(10-15)11-16(3)12-14-8-6-9-17(14)5-2/h13-14H,4-12H2,1-3H3. The van der Waals surface area contributed by atoms with Crippen molar-refractivity contribution in [3.8, 4) is 0 Å². The number of halogens is 1. The van der Waals surface area contributed by atoms with E-state index in [9.17, 15) is 0 Å². The Bertz CT molecular complexity index is 199. The quantitative estimate of drug-likeness (QED) is 0.635. The van der Waals surface area contributed by atoms with Gasteiger partial charge in [0.25, 0.3) is 0 Å². The zero-order chi connectivity index (χ0) is 12.7. The molecule has 1 rings (SSSR count). The molecule has 0 aliphatic carbocycles. The summed E-state index contributed by atoms with van der Waals surface area (Å²) < 4.78 is 0. The van der Waals surface area contributed by atoms with Crippen LogP contribution < -0.4 is 0 Å². The van der Waals surface area contributed by atoms with Crippen LogP contribution in [0.1, 0.15) is 39.5 Å². The number of rotatable bonds is 8. The minimum absolute atomic E-state index is 0.808. The van der Waals surface area contributed by atoms with Crippen LogP contribution in [0, 0.1) is 5.92 Å². The SMILES string of the molecule is CCCC(CBr)CN(C)CC1CCCN1CC. The molecule has 3 heteroatoms. The molecule has 2 atom stereocenters. The van der Waals surface area contributed by atoms with Crippen molar-refractivity contribution in [2.75, 3.05) is 38.6 Å². The van der Waals surface area contributed by atoms with Crippen molar-refractivity contribution >= 4 is 15.9 Å². The smallest absolute Gasteiger partial charge is 0.0223 e. The second-order valence-corrected chi connectivity index (χ2v) is 6.10. The normalized spacial score (nSPS) is 23.5. The Labute approximate surface area is 116 Å². The van der Waals surface area contributed by atoms with Gasteiger partial charge < -0.3 is 4.90 Å². The zero-order valence-electron chi connectivity index (χ0n) is 11.8. The van der Waals surface area contributed by atoms with Crippen LogP contribution in [-0.4, -0.2) is 54.4 Å². The fraction of sp³-hybridized carbons (Fsp3) is 1.00. The van der Waals surface area contributed by atoms with Gasteiger partial charge in [0.1, 0.15) is 0 Å². The summed E-state index contributed by atoms with van der Waals surface area (Å²) in [4.78, 5) is 5.18. The Hall–Kier alpha value is 0.400. The molecule has 102 valence electrons. The first-order valence-electron chi connectivity index (χ1n) is 7.19. The van der Waals surface area contributed by atoms with E-state index < -0.39 is 0 Å². The second-order valence-electron chi connectivity index (χ2n) is 5.45. The largest absolute Gasteiger partial charge is 0.305 e. The Balaban J connectivity index is 2.29. The number of hydrogen-bond donors (Lipinski definition) is 0. The summed E-state index contributed by atoms with van der Waals surface area (Å²) in [7, 11) is 2.29. The first kappa shape index (κ1) is 15.5. The fourth-order valence-electron chi connectivity index (χ4n) is 3.02. The third-order valence-electron chi connectivity index (χ3n) is 3.91. The van der Waals surface area contributed by atoms with E-state index in [0.717, 1.165) is 17.3 Å². The lowest BCUT2D eigenvalue weighted by atomic mass is 10.1. The number of alkyl halides is 1. The van der Waals surface area contributed by atoms with Gasteiger partial charge in [-0.15, -0.1) is 0 Å². The maximum atomic E-state index is 3.65. The number of likely N-dealkylation sites (N-methyl/N-ethyl adjacent to an activating group) is 2. The lowest BCUT2D eigenvalue weighted by Crippen LogP contribution is -2.40. The summed E-state index contributed by atoms with van der Waals surface area (Å²) in [6.45, 7) is 9.59. The first-order valence-corrected chi connectivity index (χ1v) is 8.31. The molecular weight excluding hydrogens is 276 g/mol. The van der Waals surface area contributed by atoms with Gasteiger partial charge in [-0.05, 0) is 45.3 Å². The molecule has 0 amide bonds. The molecule has 2 nitrogen and oxygen atoms in total. The molecule has 0 radical (unpaired) electrons. The van der Waals surface area contributed by atoms with E-state index >= 15 is 0 Å². The van der Waals surface area contributed by atoms with Crippen molar-refractivity contribution in [2.24, 2.45) is 5.92 Å². The van der Waals surface area contributed by atoms with E-state index in [4.69, 9.17) is 0 Å². The first-order chi connectivity index (χ1) is 8.21. The van der Waals surface area contributed by atoms with Crippen molar-refractivity contribution in [1.29, 1.82) is 0 Å². The second kappa shape index (κ2) is 8.49. The molecule has 0 aromatic heterocycles. The molecule has 1 aliphatic rings. The Morgan fingerprint density at radius 1 is 1.41 bits per heavy atom. The van der Waals surface area contributed by atoms with Crippen LogP contribution in [0.3, 0.4) is 0 Å². The van der Waals surface area contributed by atoms with Gasteiger partial charge in [0.15, 0.2) is 0 Å². The predicted molar refractivity (Wildman–Crippen MR) is 80.0 cm³/mol. The minimum Gasteiger partial charge on any atom is -0.305 e. The highest BCUT2D eigenvalue weighted by Gasteiger charge is 2.24.